The molecule has 0 aliphatic carbocycles. The summed E-state index contributed by atoms with van der Waals surface area (Å²) < 4.78 is 5.14. The largest absolute Gasteiger partial charge is 0.466 e. The van der Waals surface area contributed by atoms with Gasteiger partial charge in [0.25, 0.3) is 0 Å². The smallest absolute Gasteiger partial charge is 0.305 e. The Kier molecular flexibility index (Phi) is 32.2. The van der Waals surface area contributed by atoms with Crippen molar-refractivity contribution in [2.24, 2.45) is 53.3 Å². The molecule has 24 heteroatoms. The summed E-state index contributed by atoms with van der Waals surface area (Å²) in [5.41, 5.74) is 0. The van der Waals surface area contributed by atoms with Crippen molar-refractivity contribution in [3.8, 4) is 0 Å². The van der Waals surface area contributed by atoms with Gasteiger partial charge in [-0.25, -0.2) is 0 Å². The van der Waals surface area contributed by atoms with E-state index in [0.717, 1.165) is 4.90 Å². The number of likely N-dealkylation sites (N-methyl/N-ethyl adjacent to an activating group) is 6. The van der Waals surface area contributed by atoms with Crippen LogP contribution in [-0.4, -0.2) is 215 Å². The highest BCUT2D eigenvalue weighted by atomic mass is 16.5. The van der Waals surface area contributed by atoms with E-state index in [0.29, 0.717) is 0 Å². The third kappa shape index (κ3) is 21.9. The summed E-state index contributed by atoms with van der Waals surface area (Å²) in [6, 6.07) is -9.55. The van der Waals surface area contributed by atoms with Gasteiger partial charge in [-0.3, -0.25) is 57.5 Å². The van der Waals surface area contributed by atoms with Crippen molar-refractivity contribution < 1.29 is 67.4 Å². The molecular weight excluding hydrogens is 1110 g/mol. The van der Waals surface area contributed by atoms with E-state index in [1.54, 1.807) is 41.5 Å². The maximum Gasteiger partial charge on any atom is 0.305 e. The zero-order chi connectivity index (χ0) is 66.7. The lowest BCUT2D eigenvalue weighted by molar-refractivity contribution is -0.160. The van der Waals surface area contributed by atoms with Crippen molar-refractivity contribution in [3.63, 3.8) is 0 Å². The van der Waals surface area contributed by atoms with Gasteiger partial charge in [0.1, 0.15) is 48.5 Å². The molecule has 492 valence electrons. The topological polar surface area (TPSA) is 302 Å². The van der Waals surface area contributed by atoms with Gasteiger partial charge in [0, 0.05) is 60.5 Å². The van der Waals surface area contributed by atoms with Crippen LogP contribution in [0.1, 0.15) is 163 Å². The van der Waals surface area contributed by atoms with Gasteiger partial charge in [-0.15, -0.1) is 0 Å². The maximum absolute atomic E-state index is 15.0. The number of carbonyl (C=O) groups excluding carboxylic acids is 12. The Balaban J connectivity index is 4.26. The normalized spacial score (nSPS) is 27.6. The number of nitrogens with zero attached hydrogens (tertiary/aromatic N) is 6. The van der Waals surface area contributed by atoms with E-state index >= 15 is 0 Å². The van der Waals surface area contributed by atoms with Gasteiger partial charge in [0.05, 0.1) is 25.1 Å². The molecule has 86 heavy (non-hydrogen) atoms. The number of hydrogen-bond acceptors (Lipinski definition) is 14. The fraction of sp³-hybridized carbons (Fsp3) is 0.806. The van der Waals surface area contributed by atoms with Crippen LogP contribution in [0.25, 0.3) is 0 Å². The van der Waals surface area contributed by atoms with Crippen LogP contribution >= 0.6 is 0 Å². The van der Waals surface area contributed by atoms with Gasteiger partial charge in [-0.1, -0.05) is 104 Å². The molecule has 1 aliphatic heterocycles. The van der Waals surface area contributed by atoms with Gasteiger partial charge in [-0.2, -0.15) is 0 Å². The lowest BCUT2D eigenvalue weighted by atomic mass is 9.85. The van der Waals surface area contributed by atoms with E-state index in [1.165, 1.54) is 87.6 Å². The summed E-state index contributed by atoms with van der Waals surface area (Å²) in [7, 11) is 8.35. The summed E-state index contributed by atoms with van der Waals surface area (Å²) in [6.07, 6.45) is -2.06. The number of rotatable bonds is 15. The molecule has 0 saturated carbocycles. The number of amides is 10. The van der Waals surface area contributed by atoms with Crippen LogP contribution < -0.4 is 21.3 Å². The lowest BCUT2D eigenvalue weighted by Crippen LogP contribution is -2.61. The van der Waals surface area contributed by atoms with Crippen LogP contribution in [0, 0.1) is 53.3 Å². The van der Waals surface area contributed by atoms with Crippen molar-refractivity contribution in [3.05, 3.63) is 0 Å². The highest BCUT2D eigenvalue weighted by Gasteiger charge is 2.45. The molecule has 12 atom stereocenters. The van der Waals surface area contributed by atoms with Crippen LogP contribution in [-0.2, 0) is 62.3 Å². The third-order valence-electron chi connectivity index (χ3n) is 16.4. The number of carbonyl (C=O) groups is 12. The van der Waals surface area contributed by atoms with Crippen LogP contribution in [0.5, 0.6) is 0 Å². The van der Waals surface area contributed by atoms with Crippen molar-refractivity contribution >= 4 is 70.8 Å². The molecule has 1 saturated heterocycles. The first-order chi connectivity index (χ1) is 39.7. The van der Waals surface area contributed by atoms with Crippen LogP contribution in [0.15, 0.2) is 0 Å². The average molecular weight is 1220 g/mol. The molecule has 0 bridgehead atoms. The number of nitrogens with one attached hydrogen (secondary N) is 4. The number of hydrogen-bond donors (Lipinski definition) is 5. The molecule has 10 amide bonds. The molecule has 0 aromatic rings. The molecule has 0 radical (unpaired) electrons. The number of aliphatic hydroxyl groups excluding tert-OH is 1. The van der Waals surface area contributed by atoms with Crippen LogP contribution in [0.3, 0.4) is 0 Å². The van der Waals surface area contributed by atoms with Crippen molar-refractivity contribution in [1.29, 1.82) is 0 Å². The predicted molar refractivity (Wildman–Crippen MR) is 327 cm³/mol. The van der Waals surface area contributed by atoms with Gasteiger partial charge in [0.15, 0.2) is 5.78 Å². The Morgan fingerprint density at radius 1 is 0.512 bits per heavy atom. The Labute approximate surface area is 513 Å². The zero-order valence-electron chi connectivity index (χ0n) is 56.2. The maximum atomic E-state index is 15.0. The minimum absolute atomic E-state index is 0.0210. The Morgan fingerprint density at radius 3 is 1.41 bits per heavy atom. The van der Waals surface area contributed by atoms with E-state index in [-0.39, 0.29) is 75.2 Å². The van der Waals surface area contributed by atoms with E-state index in [4.69, 9.17) is 4.74 Å². The molecule has 12 unspecified atom stereocenters. The Hall–Kier alpha value is -6.20. The first kappa shape index (κ1) is 77.8. The van der Waals surface area contributed by atoms with Gasteiger partial charge in [-0.05, 0) is 87.9 Å². The second-order valence-corrected chi connectivity index (χ2v) is 26.0. The lowest BCUT2D eigenvalue weighted by Gasteiger charge is -2.40. The van der Waals surface area contributed by atoms with Crippen LogP contribution in [0.4, 0.5) is 0 Å². The minimum Gasteiger partial charge on any atom is -0.466 e. The third-order valence-corrected chi connectivity index (χ3v) is 16.4. The number of ether oxygens (including phenoxy) is 1. The standard InChI is InChI=1S/C62H110N10O14/c1-24-43-52(75)39(15)40(16)57(80)68(19)45(29-34(5)6)56(79)66-50(37(11)12)61(84)69(20)44(28-33(3)4)55(78)64-41(17)53(76)63-32-48(73)67(18)46(30-35(7)8)59(82)70(21)47(31-36(9)10)60(83)71(22)51(38(13)14)62(85)72(23)58(81)42(54(77)65-43)26-27-49(74)86-25-2/h33-47,50-51,58,81H,24-32H2,1-23H3,(H,63,76)(H,64,78)(H,65,77)(H,66,79). The molecule has 1 aliphatic rings. The molecule has 1 heterocycles. The van der Waals surface area contributed by atoms with E-state index in [9.17, 15) is 62.6 Å². The van der Waals surface area contributed by atoms with Gasteiger partial charge >= 0.3 is 5.97 Å². The molecular formula is C62H110N10O14. The number of ketones is 1. The quantitative estimate of drug-likeness (QED) is 0.147. The van der Waals surface area contributed by atoms with Crippen molar-refractivity contribution in [2.75, 3.05) is 55.4 Å². The molecule has 1 fully saturated rings. The first-order valence-corrected chi connectivity index (χ1v) is 30.9. The SMILES string of the molecule is CCOC(=O)CCC1C(=O)NC(CC)C(=O)C(C)C(C)C(=O)N(C)C(CC(C)C)C(=O)NC(C(C)C)C(=O)N(C)C(CC(C)C)C(=O)NC(C)C(=O)NCC(=O)N(C)C(CC(C)C)C(=O)N(C)C(CC(C)C)C(=O)N(C)C(C(C)C)C(=O)N(C)C1O. The predicted octanol–water partition coefficient (Wildman–Crippen LogP) is 3.21. The number of esters is 1. The highest BCUT2D eigenvalue weighted by molar-refractivity contribution is 5.99. The summed E-state index contributed by atoms with van der Waals surface area (Å²) in [5, 5.41) is 22.9. The summed E-state index contributed by atoms with van der Waals surface area (Å²) in [6.45, 7) is 28.8. The van der Waals surface area contributed by atoms with E-state index < -0.39 is 162 Å². The summed E-state index contributed by atoms with van der Waals surface area (Å²) >= 11 is 0. The van der Waals surface area contributed by atoms with E-state index in [1.807, 2.05) is 55.4 Å². The average Bonchev–Trinajstić information content (AvgIpc) is 2.47. The zero-order valence-corrected chi connectivity index (χ0v) is 56.2. The Morgan fingerprint density at radius 2 is 0.953 bits per heavy atom. The van der Waals surface area contributed by atoms with Crippen molar-refractivity contribution in [2.45, 2.75) is 217 Å². The van der Waals surface area contributed by atoms with Gasteiger partial charge < -0.3 is 60.5 Å². The van der Waals surface area contributed by atoms with E-state index in [2.05, 4.69) is 21.3 Å². The molecule has 1 rings (SSSR count). The fourth-order valence-corrected chi connectivity index (χ4v) is 10.7. The Bertz CT molecular complexity index is 2340. The summed E-state index contributed by atoms with van der Waals surface area (Å²) in [5.74, 6) is -13.6. The minimum atomic E-state index is -1.94. The number of Topliss-reactive ketones (excluding diaryl/α,β-unsaturated/α-hetero) is 1. The van der Waals surface area contributed by atoms with Gasteiger partial charge in [0.2, 0.25) is 59.1 Å². The number of aliphatic hydroxyl groups is 1. The van der Waals surface area contributed by atoms with Crippen LogP contribution in [0.2, 0.25) is 0 Å². The molecule has 0 aromatic carbocycles. The summed E-state index contributed by atoms with van der Waals surface area (Å²) in [4.78, 5) is 179. The van der Waals surface area contributed by atoms with Crippen molar-refractivity contribution in [1.82, 2.24) is 50.7 Å². The molecule has 0 aromatic heterocycles. The monoisotopic (exact) mass is 1220 g/mol. The fourth-order valence-electron chi connectivity index (χ4n) is 10.7. The molecule has 0 spiro atoms. The second kappa shape index (κ2) is 35.6. The highest BCUT2D eigenvalue weighted by Crippen LogP contribution is 2.27. The molecule has 5 N–H and O–H groups in total. The second-order valence-electron chi connectivity index (χ2n) is 26.0. The molecule has 24 nitrogen and oxygen atoms in total. The first-order valence-electron chi connectivity index (χ1n) is 30.9.